The van der Waals surface area contributed by atoms with E-state index in [1.54, 1.807) is 12.2 Å². The summed E-state index contributed by atoms with van der Waals surface area (Å²) in [5.41, 5.74) is 8.98. The first-order chi connectivity index (χ1) is 16.1. The van der Waals surface area contributed by atoms with Gasteiger partial charge in [0.2, 0.25) is 0 Å². The Kier molecular flexibility index (Phi) is 6.56. The Bertz CT molecular complexity index is 1360. The summed E-state index contributed by atoms with van der Waals surface area (Å²) in [5.74, 6) is 0.668. The summed E-state index contributed by atoms with van der Waals surface area (Å²) in [7, 11) is 0. The van der Waals surface area contributed by atoms with E-state index in [9.17, 15) is 0 Å². The predicted molar refractivity (Wildman–Crippen MR) is 141 cm³/mol. The molecule has 0 atom stereocenters. The van der Waals surface area contributed by atoms with Crippen LogP contribution < -0.4 is 0 Å². The minimum Gasteiger partial charge on any atom is -0.228 e. The highest BCUT2D eigenvalue weighted by Gasteiger charge is 2.11. The average Bonchev–Trinajstić information content (AvgIpc) is 2.87. The Morgan fingerprint density at radius 3 is 2.09 bits per heavy atom. The van der Waals surface area contributed by atoms with Gasteiger partial charge in [-0.25, -0.2) is 9.97 Å². The van der Waals surface area contributed by atoms with Crippen LogP contribution in [0.4, 0.5) is 0 Å². The van der Waals surface area contributed by atoms with Gasteiger partial charge in [0.15, 0.2) is 5.82 Å². The molecule has 0 unspecified atom stereocenters. The molecule has 0 fully saturated rings. The number of hydrogen-bond donors (Lipinski definition) is 0. The van der Waals surface area contributed by atoms with Gasteiger partial charge in [0.1, 0.15) is 0 Å². The van der Waals surface area contributed by atoms with Crippen LogP contribution in [0.5, 0.6) is 0 Å². The second-order valence-electron chi connectivity index (χ2n) is 7.83. The molecule has 0 saturated carbocycles. The molecular formula is C31H26N2. The molecule has 0 N–H and O–H groups in total. The van der Waals surface area contributed by atoms with Crippen molar-refractivity contribution in [2.75, 3.05) is 0 Å². The Hall–Kier alpha value is -4.30. The van der Waals surface area contributed by atoms with Crippen LogP contribution in [-0.2, 0) is 0 Å². The first kappa shape index (κ1) is 21.9. The smallest absolute Gasteiger partial charge is 0.160 e. The fourth-order valence-corrected chi connectivity index (χ4v) is 3.67. The zero-order chi connectivity index (χ0) is 23.2. The number of benzene rings is 3. The molecule has 3 aromatic carbocycles. The maximum Gasteiger partial charge on any atom is 0.160 e. The van der Waals surface area contributed by atoms with Crippen molar-refractivity contribution in [3.8, 4) is 33.8 Å². The summed E-state index contributed by atoms with van der Waals surface area (Å²) in [6.07, 6.45) is 5.45. The van der Waals surface area contributed by atoms with Gasteiger partial charge in [0, 0.05) is 11.1 Å². The van der Waals surface area contributed by atoms with E-state index in [0.29, 0.717) is 5.82 Å². The van der Waals surface area contributed by atoms with Crippen LogP contribution in [0.1, 0.15) is 18.2 Å². The molecular weight excluding hydrogens is 400 g/mol. The van der Waals surface area contributed by atoms with Crippen LogP contribution in [0.25, 0.3) is 44.9 Å². The molecule has 0 spiro atoms. The molecule has 0 amide bonds. The molecule has 0 saturated heterocycles. The van der Waals surface area contributed by atoms with E-state index in [2.05, 4.69) is 68.3 Å². The highest BCUT2D eigenvalue weighted by molar-refractivity contribution is 5.78. The fourth-order valence-electron chi connectivity index (χ4n) is 3.67. The summed E-state index contributed by atoms with van der Waals surface area (Å²) in [6.45, 7) is 13.9. The third-order valence-corrected chi connectivity index (χ3v) is 5.42. The van der Waals surface area contributed by atoms with Crippen molar-refractivity contribution in [1.82, 2.24) is 9.97 Å². The summed E-state index contributed by atoms with van der Waals surface area (Å²) in [4.78, 5) is 9.81. The molecule has 33 heavy (non-hydrogen) atoms. The lowest BCUT2D eigenvalue weighted by Gasteiger charge is -2.11. The molecule has 160 valence electrons. The van der Waals surface area contributed by atoms with Gasteiger partial charge in [-0.2, -0.15) is 0 Å². The van der Waals surface area contributed by atoms with Crippen molar-refractivity contribution in [2.45, 2.75) is 6.92 Å². The van der Waals surface area contributed by atoms with Gasteiger partial charge < -0.3 is 0 Å². The van der Waals surface area contributed by atoms with E-state index in [1.165, 1.54) is 0 Å². The number of hydrogen-bond acceptors (Lipinski definition) is 2. The van der Waals surface area contributed by atoms with E-state index in [4.69, 9.17) is 9.97 Å². The van der Waals surface area contributed by atoms with Crippen molar-refractivity contribution in [1.29, 1.82) is 0 Å². The zero-order valence-electron chi connectivity index (χ0n) is 18.8. The van der Waals surface area contributed by atoms with E-state index < -0.39 is 0 Å². The summed E-state index contributed by atoms with van der Waals surface area (Å²) < 4.78 is 0. The molecule has 1 aromatic heterocycles. The highest BCUT2D eigenvalue weighted by atomic mass is 14.9. The lowest BCUT2D eigenvalue weighted by molar-refractivity contribution is 1.16. The van der Waals surface area contributed by atoms with Crippen LogP contribution in [0.2, 0.25) is 0 Å². The van der Waals surface area contributed by atoms with Crippen molar-refractivity contribution in [2.24, 2.45) is 0 Å². The van der Waals surface area contributed by atoms with E-state index in [-0.39, 0.29) is 0 Å². The maximum atomic E-state index is 4.92. The molecule has 2 nitrogen and oxygen atoms in total. The van der Waals surface area contributed by atoms with Crippen LogP contribution in [0.15, 0.2) is 123 Å². The van der Waals surface area contributed by atoms with E-state index in [1.807, 2.05) is 49.4 Å². The van der Waals surface area contributed by atoms with Crippen molar-refractivity contribution in [3.63, 3.8) is 0 Å². The minimum absolute atomic E-state index is 0.668. The maximum absolute atomic E-state index is 4.92. The van der Waals surface area contributed by atoms with E-state index in [0.717, 1.165) is 50.4 Å². The van der Waals surface area contributed by atoms with Gasteiger partial charge in [-0.05, 0) is 47.4 Å². The third kappa shape index (κ3) is 4.97. The zero-order valence-corrected chi connectivity index (χ0v) is 18.8. The van der Waals surface area contributed by atoms with E-state index >= 15 is 0 Å². The second-order valence-corrected chi connectivity index (χ2v) is 7.83. The van der Waals surface area contributed by atoms with Gasteiger partial charge in [-0.3, -0.25) is 0 Å². The lowest BCUT2D eigenvalue weighted by Crippen LogP contribution is -1.98. The first-order valence-electron chi connectivity index (χ1n) is 10.9. The van der Waals surface area contributed by atoms with Gasteiger partial charge in [-0.15, -0.1) is 0 Å². The van der Waals surface area contributed by atoms with Gasteiger partial charge in [0.05, 0.1) is 11.4 Å². The van der Waals surface area contributed by atoms with Crippen LogP contribution >= 0.6 is 0 Å². The second kappa shape index (κ2) is 9.88. The monoisotopic (exact) mass is 426 g/mol. The summed E-state index contributed by atoms with van der Waals surface area (Å²) >= 11 is 0. The Morgan fingerprint density at radius 1 is 0.727 bits per heavy atom. The molecule has 0 aliphatic carbocycles. The largest absolute Gasteiger partial charge is 0.228 e. The lowest BCUT2D eigenvalue weighted by atomic mass is 9.98. The quantitative estimate of drug-likeness (QED) is 0.278. The molecule has 0 bridgehead atoms. The molecule has 0 aliphatic rings. The van der Waals surface area contributed by atoms with Gasteiger partial charge in [-0.1, -0.05) is 110 Å². The number of allylic oxidation sites excluding steroid dienone is 5. The number of rotatable bonds is 7. The topological polar surface area (TPSA) is 25.8 Å². The minimum atomic E-state index is 0.668. The standard InChI is InChI=1S/C31H26N2/c1-5-12-23(6-2)29-21-30(24-13-8-7-9-14-24)33-31(32-29)28-18-11-17-27(20-28)26-16-10-15-25(19-26)22(3)4/h5-21H,1-3H2,4H3/b23-12+. The highest BCUT2D eigenvalue weighted by Crippen LogP contribution is 2.29. The SMILES string of the molecule is C=C/C=C(\C=C)c1cc(-c2ccccc2)nc(-c2cccc(-c3cccc(C(=C)C)c3)c2)n1. The number of aromatic nitrogens is 2. The molecule has 1 heterocycles. The third-order valence-electron chi connectivity index (χ3n) is 5.42. The Morgan fingerprint density at radius 2 is 1.39 bits per heavy atom. The Labute approximate surface area is 196 Å². The first-order valence-corrected chi connectivity index (χ1v) is 10.9. The molecule has 0 radical (unpaired) electrons. The molecule has 4 aromatic rings. The average molecular weight is 427 g/mol. The van der Waals surface area contributed by atoms with Crippen molar-refractivity contribution < 1.29 is 0 Å². The number of nitrogens with zero attached hydrogens (tertiary/aromatic N) is 2. The van der Waals surface area contributed by atoms with Crippen LogP contribution in [-0.4, -0.2) is 9.97 Å². The normalized spacial score (nSPS) is 11.1. The van der Waals surface area contributed by atoms with Crippen LogP contribution in [0, 0.1) is 0 Å². The molecule has 0 aliphatic heterocycles. The van der Waals surface area contributed by atoms with Crippen molar-refractivity contribution >= 4 is 11.1 Å². The van der Waals surface area contributed by atoms with Crippen LogP contribution in [0.3, 0.4) is 0 Å². The molecule has 2 heteroatoms. The van der Waals surface area contributed by atoms with Crippen molar-refractivity contribution in [3.05, 3.63) is 134 Å². The summed E-state index contributed by atoms with van der Waals surface area (Å²) in [6, 6.07) is 28.9. The molecule has 4 rings (SSSR count). The fraction of sp³-hybridized carbons (Fsp3) is 0.0323. The Balaban J connectivity index is 1.86. The summed E-state index contributed by atoms with van der Waals surface area (Å²) in [5, 5.41) is 0. The predicted octanol–water partition coefficient (Wildman–Crippen LogP) is 8.27. The van der Waals surface area contributed by atoms with Gasteiger partial charge in [0.25, 0.3) is 0 Å². The van der Waals surface area contributed by atoms with Gasteiger partial charge >= 0.3 is 0 Å².